The van der Waals surface area contributed by atoms with E-state index in [-0.39, 0.29) is 37.5 Å². The van der Waals surface area contributed by atoms with Gasteiger partial charge in [-0.1, -0.05) is 251 Å². The minimum Gasteiger partial charge on any atom is -0.462 e. The van der Waals surface area contributed by atoms with E-state index in [1.807, 2.05) is 0 Å². The maximum Gasteiger partial charge on any atom is 0.306 e. The van der Waals surface area contributed by atoms with Crippen LogP contribution in [0.15, 0.2) is 122 Å². The van der Waals surface area contributed by atoms with Crippen LogP contribution in [-0.2, 0) is 28.6 Å². The molecular formula is C69H114O6. The molecule has 0 aromatic rings. The van der Waals surface area contributed by atoms with Crippen molar-refractivity contribution < 1.29 is 28.6 Å². The highest BCUT2D eigenvalue weighted by Crippen LogP contribution is 2.15. The van der Waals surface area contributed by atoms with E-state index in [1.165, 1.54) is 109 Å². The molecule has 6 nitrogen and oxygen atoms in total. The average Bonchev–Trinajstić information content (AvgIpc) is 3.41. The summed E-state index contributed by atoms with van der Waals surface area (Å²) in [5.41, 5.74) is 0. The lowest BCUT2D eigenvalue weighted by Gasteiger charge is -2.18. The van der Waals surface area contributed by atoms with E-state index < -0.39 is 6.10 Å². The van der Waals surface area contributed by atoms with Gasteiger partial charge >= 0.3 is 17.9 Å². The quantitative estimate of drug-likeness (QED) is 0.0261. The summed E-state index contributed by atoms with van der Waals surface area (Å²) in [5.74, 6) is -0.970. The molecule has 1 atom stereocenters. The summed E-state index contributed by atoms with van der Waals surface area (Å²) in [7, 11) is 0. The molecule has 6 heteroatoms. The van der Waals surface area contributed by atoms with Crippen LogP contribution < -0.4 is 0 Å². The number of allylic oxidation sites excluding steroid dienone is 20. The number of carbonyl (C=O) groups is 3. The Morgan fingerprint density at radius 1 is 0.280 bits per heavy atom. The van der Waals surface area contributed by atoms with Crippen LogP contribution in [0, 0.1) is 0 Å². The predicted molar refractivity (Wildman–Crippen MR) is 325 cm³/mol. The van der Waals surface area contributed by atoms with E-state index in [9.17, 15) is 14.4 Å². The Kier molecular flexibility index (Phi) is 58.9. The predicted octanol–water partition coefficient (Wildman–Crippen LogP) is 21.2. The second kappa shape index (κ2) is 62.4. The molecule has 0 N–H and O–H groups in total. The summed E-state index contributed by atoms with van der Waals surface area (Å²) in [6, 6.07) is 0. The summed E-state index contributed by atoms with van der Waals surface area (Å²) >= 11 is 0. The van der Waals surface area contributed by atoms with Gasteiger partial charge in [-0.3, -0.25) is 14.4 Å². The molecule has 0 saturated carbocycles. The Morgan fingerprint density at radius 3 is 0.840 bits per heavy atom. The summed E-state index contributed by atoms with van der Waals surface area (Å²) in [5, 5.41) is 0. The molecule has 0 amide bonds. The fourth-order valence-corrected chi connectivity index (χ4v) is 8.34. The molecule has 426 valence electrons. The molecule has 0 aliphatic carbocycles. The van der Waals surface area contributed by atoms with Crippen molar-refractivity contribution in [3.63, 3.8) is 0 Å². The fraction of sp³-hybridized carbons (Fsp3) is 0.667. The lowest BCUT2D eigenvalue weighted by molar-refractivity contribution is -0.167. The highest BCUT2D eigenvalue weighted by molar-refractivity contribution is 5.71. The zero-order chi connectivity index (χ0) is 54.3. The SMILES string of the molecule is CC/C=C\C/C=C\C/C=C\C/C=C\CCCCCCC(=O)OC(COC(=O)CCCC/C=C\C/C=C\C/C=C\C/C=C\CC)COC(=O)CCCCCCCCCCCCCCC/C=C\C/C=C\CCCCCCC. The maximum atomic E-state index is 12.9. The van der Waals surface area contributed by atoms with Gasteiger partial charge < -0.3 is 14.2 Å². The Morgan fingerprint density at radius 2 is 0.520 bits per heavy atom. The monoisotopic (exact) mass is 1040 g/mol. The number of ether oxygens (including phenoxy) is 3. The first-order chi connectivity index (χ1) is 37.0. The fourth-order valence-electron chi connectivity index (χ4n) is 8.34. The second-order valence-corrected chi connectivity index (χ2v) is 20.2. The van der Waals surface area contributed by atoms with Crippen LogP contribution in [0.2, 0.25) is 0 Å². The largest absolute Gasteiger partial charge is 0.462 e. The van der Waals surface area contributed by atoms with Crippen molar-refractivity contribution in [2.24, 2.45) is 0 Å². The Balaban J connectivity index is 4.40. The first kappa shape index (κ1) is 70.8. The third-order valence-corrected chi connectivity index (χ3v) is 12.9. The number of rotatable bonds is 55. The lowest BCUT2D eigenvalue weighted by atomic mass is 10.0. The van der Waals surface area contributed by atoms with Crippen molar-refractivity contribution in [2.45, 2.75) is 284 Å². The molecule has 0 radical (unpaired) electrons. The Labute approximate surface area is 462 Å². The first-order valence-corrected chi connectivity index (χ1v) is 31.0. The molecule has 0 bridgehead atoms. The van der Waals surface area contributed by atoms with Crippen molar-refractivity contribution in [1.29, 1.82) is 0 Å². The van der Waals surface area contributed by atoms with Crippen LogP contribution in [0.25, 0.3) is 0 Å². The lowest BCUT2D eigenvalue weighted by Crippen LogP contribution is -2.30. The third kappa shape index (κ3) is 60.6. The summed E-state index contributed by atoms with van der Waals surface area (Å²) < 4.78 is 16.9. The molecule has 0 aliphatic rings. The minimum absolute atomic E-state index is 0.104. The number of unbranched alkanes of at least 4 members (excludes halogenated alkanes) is 24. The zero-order valence-electron chi connectivity index (χ0n) is 48.8. The highest BCUT2D eigenvalue weighted by Gasteiger charge is 2.19. The van der Waals surface area contributed by atoms with Gasteiger partial charge in [-0.15, -0.1) is 0 Å². The number of hydrogen-bond donors (Lipinski definition) is 0. The normalized spacial score (nSPS) is 12.9. The molecule has 0 spiro atoms. The number of hydrogen-bond acceptors (Lipinski definition) is 6. The third-order valence-electron chi connectivity index (χ3n) is 12.9. The van der Waals surface area contributed by atoms with Crippen LogP contribution in [0.5, 0.6) is 0 Å². The molecule has 0 rings (SSSR count). The first-order valence-electron chi connectivity index (χ1n) is 31.0. The van der Waals surface area contributed by atoms with E-state index in [0.29, 0.717) is 12.8 Å². The van der Waals surface area contributed by atoms with Crippen LogP contribution in [0.1, 0.15) is 278 Å². The van der Waals surface area contributed by atoms with Crippen molar-refractivity contribution in [2.75, 3.05) is 13.2 Å². The van der Waals surface area contributed by atoms with Gasteiger partial charge in [-0.2, -0.15) is 0 Å². The molecule has 0 fully saturated rings. The topological polar surface area (TPSA) is 78.9 Å². The molecule has 0 aromatic heterocycles. The molecule has 1 unspecified atom stereocenters. The van der Waals surface area contributed by atoms with E-state index in [1.54, 1.807) is 0 Å². The molecular weight excluding hydrogens is 925 g/mol. The van der Waals surface area contributed by atoms with E-state index in [0.717, 1.165) is 128 Å². The highest BCUT2D eigenvalue weighted by atomic mass is 16.6. The second-order valence-electron chi connectivity index (χ2n) is 20.2. The molecule has 0 aliphatic heterocycles. The van der Waals surface area contributed by atoms with Crippen molar-refractivity contribution in [1.82, 2.24) is 0 Å². The molecule has 0 heterocycles. The van der Waals surface area contributed by atoms with Gasteiger partial charge in [-0.05, 0) is 128 Å². The van der Waals surface area contributed by atoms with Gasteiger partial charge in [0.05, 0.1) is 0 Å². The van der Waals surface area contributed by atoms with E-state index in [2.05, 4.69) is 142 Å². The maximum absolute atomic E-state index is 12.9. The summed E-state index contributed by atoms with van der Waals surface area (Å²) in [6.45, 7) is 6.35. The Bertz CT molecular complexity index is 1570. The molecule has 0 aromatic carbocycles. The van der Waals surface area contributed by atoms with Gasteiger partial charge in [0.2, 0.25) is 0 Å². The van der Waals surface area contributed by atoms with Gasteiger partial charge in [0.1, 0.15) is 13.2 Å². The number of carbonyl (C=O) groups excluding carboxylic acids is 3. The van der Waals surface area contributed by atoms with Crippen molar-refractivity contribution in [3.05, 3.63) is 122 Å². The van der Waals surface area contributed by atoms with Gasteiger partial charge in [0.15, 0.2) is 6.10 Å². The molecule has 0 saturated heterocycles. The van der Waals surface area contributed by atoms with Crippen LogP contribution >= 0.6 is 0 Å². The van der Waals surface area contributed by atoms with Gasteiger partial charge in [-0.25, -0.2) is 0 Å². The van der Waals surface area contributed by atoms with Crippen LogP contribution in [0.3, 0.4) is 0 Å². The average molecular weight is 1040 g/mol. The zero-order valence-corrected chi connectivity index (χ0v) is 48.8. The van der Waals surface area contributed by atoms with E-state index >= 15 is 0 Å². The summed E-state index contributed by atoms with van der Waals surface area (Å²) in [4.78, 5) is 38.3. The van der Waals surface area contributed by atoms with Crippen molar-refractivity contribution in [3.8, 4) is 0 Å². The van der Waals surface area contributed by atoms with Crippen LogP contribution in [-0.4, -0.2) is 37.2 Å². The standard InChI is InChI=1S/C69H114O6/c1-4-7-10-13-16-19-22-25-28-30-31-32-33-34-35-36-37-39-41-44-47-50-53-56-59-62-68(71)74-65-66(64-73-67(70)61-58-55-52-49-46-43-40-27-24-21-18-15-12-9-6-3)75-69(72)63-60-57-54-51-48-45-42-38-29-26-23-20-17-14-11-8-5-2/h8-9,11-12,17-18,20-22,25-27,29-31,40,42,45-46,49,66H,4-7,10,13-16,19,23-24,28,32-39,41,43-44,47-48,50-65H2,1-3H3/b11-8-,12-9-,20-17-,21-18-,25-22-,29-26-,31-30-,40-27-,45-42-,49-46-. The smallest absolute Gasteiger partial charge is 0.306 e. The van der Waals surface area contributed by atoms with Gasteiger partial charge in [0.25, 0.3) is 0 Å². The summed E-state index contributed by atoms with van der Waals surface area (Å²) in [6.07, 6.45) is 86.3. The van der Waals surface area contributed by atoms with E-state index in [4.69, 9.17) is 14.2 Å². The molecule has 75 heavy (non-hydrogen) atoms. The van der Waals surface area contributed by atoms with Crippen LogP contribution in [0.4, 0.5) is 0 Å². The number of esters is 3. The minimum atomic E-state index is -0.813. The van der Waals surface area contributed by atoms with Crippen molar-refractivity contribution >= 4 is 17.9 Å². The van der Waals surface area contributed by atoms with Gasteiger partial charge in [0, 0.05) is 19.3 Å². The Hall–Kier alpha value is -4.19.